The van der Waals surface area contributed by atoms with Gasteiger partial charge in [-0.25, -0.2) is 4.79 Å². The van der Waals surface area contributed by atoms with Gasteiger partial charge < -0.3 is 15.7 Å². The summed E-state index contributed by atoms with van der Waals surface area (Å²) >= 11 is 0. The lowest BCUT2D eigenvalue weighted by Crippen LogP contribution is -2.45. The highest BCUT2D eigenvalue weighted by Gasteiger charge is 2.20. The van der Waals surface area contributed by atoms with Gasteiger partial charge in [0.1, 0.15) is 6.04 Å². The minimum atomic E-state index is -0.947. The van der Waals surface area contributed by atoms with Crippen LogP contribution in [0.3, 0.4) is 0 Å². The van der Waals surface area contributed by atoms with E-state index in [0.717, 1.165) is 25.7 Å². The lowest BCUT2D eigenvalue weighted by Gasteiger charge is -2.16. The van der Waals surface area contributed by atoms with Crippen molar-refractivity contribution in [2.24, 2.45) is 0 Å². The molecule has 1 rings (SSSR count). The van der Waals surface area contributed by atoms with Crippen LogP contribution in [0.2, 0.25) is 0 Å². The monoisotopic (exact) mass is 256 g/mol. The van der Waals surface area contributed by atoms with Crippen LogP contribution in [0, 0.1) is 0 Å². The highest BCUT2D eigenvalue weighted by molar-refractivity contribution is 5.84. The fourth-order valence-corrected chi connectivity index (χ4v) is 2.28. The molecular formula is C13H24N2O3. The number of carbonyl (C=O) groups excluding carboxylic acids is 1. The van der Waals surface area contributed by atoms with E-state index in [1.165, 1.54) is 12.8 Å². The molecule has 0 heterocycles. The van der Waals surface area contributed by atoms with Gasteiger partial charge in [-0.1, -0.05) is 32.6 Å². The Morgan fingerprint density at radius 2 is 2.00 bits per heavy atom. The molecule has 104 valence electrons. The summed E-state index contributed by atoms with van der Waals surface area (Å²) < 4.78 is 0. The van der Waals surface area contributed by atoms with E-state index in [1.807, 2.05) is 6.92 Å². The third kappa shape index (κ3) is 5.49. The molecule has 1 unspecified atom stereocenters. The van der Waals surface area contributed by atoms with Crippen LogP contribution >= 0.6 is 0 Å². The normalized spacial score (nSPS) is 17.6. The highest BCUT2D eigenvalue weighted by atomic mass is 16.4. The molecule has 18 heavy (non-hydrogen) atoms. The summed E-state index contributed by atoms with van der Waals surface area (Å²) in [5, 5.41) is 14.7. The molecule has 1 aliphatic carbocycles. The van der Waals surface area contributed by atoms with Gasteiger partial charge in [-0.2, -0.15) is 0 Å². The van der Waals surface area contributed by atoms with Gasteiger partial charge in [0.05, 0.1) is 6.54 Å². The summed E-state index contributed by atoms with van der Waals surface area (Å²) in [7, 11) is 0. The molecule has 5 nitrogen and oxygen atoms in total. The zero-order chi connectivity index (χ0) is 13.4. The number of unbranched alkanes of at least 4 members (excludes halogenated alkanes) is 1. The summed E-state index contributed by atoms with van der Waals surface area (Å²) in [6.07, 6.45) is 6.91. The van der Waals surface area contributed by atoms with Crippen LogP contribution in [0.15, 0.2) is 0 Å². The number of hydrogen-bond acceptors (Lipinski definition) is 3. The molecule has 0 saturated heterocycles. The SMILES string of the molecule is CCCCC(NC(=O)CNC1CCCC1)C(=O)O. The minimum absolute atomic E-state index is 0.217. The van der Waals surface area contributed by atoms with Gasteiger partial charge in [-0.15, -0.1) is 0 Å². The smallest absolute Gasteiger partial charge is 0.326 e. The molecule has 1 atom stereocenters. The predicted molar refractivity (Wildman–Crippen MR) is 69.4 cm³/mol. The topological polar surface area (TPSA) is 78.4 Å². The van der Waals surface area contributed by atoms with Crippen molar-refractivity contribution in [3.63, 3.8) is 0 Å². The number of hydrogen-bond donors (Lipinski definition) is 3. The summed E-state index contributed by atoms with van der Waals surface area (Å²) in [5.74, 6) is -1.16. The Hall–Kier alpha value is -1.10. The van der Waals surface area contributed by atoms with Gasteiger partial charge in [0.25, 0.3) is 0 Å². The molecule has 1 fully saturated rings. The lowest BCUT2D eigenvalue weighted by molar-refractivity contribution is -0.141. The second-order valence-electron chi connectivity index (χ2n) is 4.96. The number of amides is 1. The van der Waals surface area contributed by atoms with E-state index >= 15 is 0 Å². The first-order chi connectivity index (χ1) is 8.63. The first-order valence-electron chi connectivity index (χ1n) is 6.89. The average molecular weight is 256 g/mol. The molecule has 3 N–H and O–H groups in total. The fourth-order valence-electron chi connectivity index (χ4n) is 2.28. The van der Waals surface area contributed by atoms with Crippen LogP contribution in [0.25, 0.3) is 0 Å². The van der Waals surface area contributed by atoms with Crippen molar-refractivity contribution < 1.29 is 14.7 Å². The van der Waals surface area contributed by atoms with Gasteiger partial charge in [0.2, 0.25) is 5.91 Å². The van der Waals surface area contributed by atoms with E-state index in [4.69, 9.17) is 5.11 Å². The second-order valence-corrected chi connectivity index (χ2v) is 4.96. The van der Waals surface area contributed by atoms with Gasteiger partial charge in [0, 0.05) is 6.04 Å². The van der Waals surface area contributed by atoms with Crippen molar-refractivity contribution in [3.8, 4) is 0 Å². The van der Waals surface area contributed by atoms with Gasteiger partial charge in [-0.05, 0) is 19.3 Å². The van der Waals surface area contributed by atoms with E-state index in [2.05, 4.69) is 10.6 Å². The van der Waals surface area contributed by atoms with Crippen molar-refractivity contribution in [2.75, 3.05) is 6.54 Å². The van der Waals surface area contributed by atoms with Crippen LogP contribution in [0.1, 0.15) is 51.9 Å². The minimum Gasteiger partial charge on any atom is -0.480 e. The molecule has 1 saturated carbocycles. The third-order valence-corrected chi connectivity index (χ3v) is 3.39. The molecule has 0 aromatic carbocycles. The number of rotatable bonds is 8. The molecule has 0 aliphatic heterocycles. The van der Waals surface area contributed by atoms with Gasteiger partial charge in [-0.3, -0.25) is 4.79 Å². The van der Waals surface area contributed by atoms with Crippen LogP contribution in [-0.2, 0) is 9.59 Å². The molecule has 0 radical (unpaired) electrons. The second kappa shape index (κ2) is 8.08. The van der Waals surface area contributed by atoms with E-state index in [0.29, 0.717) is 12.5 Å². The van der Waals surface area contributed by atoms with Crippen molar-refractivity contribution in [2.45, 2.75) is 64.0 Å². The fraction of sp³-hybridized carbons (Fsp3) is 0.846. The Kier molecular flexibility index (Phi) is 6.72. The van der Waals surface area contributed by atoms with E-state index in [9.17, 15) is 9.59 Å². The zero-order valence-corrected chi connectivity index (χ0v) is 11.1. The summed E-state index contributed by atoms with van der Waals surface area (Å²) in [4.78, 5) is 22.6. The standard InChI is InChI=1S/C13H24N2O3/c1-2-3-8-11(13(17)18)15-12(16)9-14-10-6-4-5-7-10/h10-11,14H,2-9H2,1H3,(H,15,16)(H,17,18). The Bertz CT molecular complexity index is 275. The van der Waals surface area contributed by atoms with Gasteiger partial charge in [0.15, 0.2) is 0 Å². The molecule has 0 spiro atoms. The Balaban J connectivity index is 2.24. The van der Waals surface area contributed by atoms with E-state index < -0.39 is 12.0 Å². The highest BCUT2D eigenvalue weighted by Crippen LogP contribution is 2.17. The number of aliphatic carboxylic acids is 1. The maximum Gasteiger partial charge on any atom is 0.326 e. The van der Waals surface area contributed by atoms with Crippen molar-refractivity contribution in [1.82, 2.24) is 10.6 Å². The van der Waals surface area contributed by atoms with Gasteiger partial charge >= 0.3 is 5.97 Å². The Labute approximate surface area is 108 Å². The van der Waals surface area contributed by atoms with Crippen LogP contribution in [0.4, 0.5) is 0 Å². The maximum absolute atomic E-state index is 11.6. The first kappa shape index (κ1) is 15.0. The van der Waals surface area contributed by atoms with E-state index in [1.54, 1.807) is 0 Å². The Morgan fingerprint density at radius 3 is 2.56 bits per heavy atom. The van der Waals surface area contributed by atoms with Crippen LogP contribution in [0.5, 0.6) is 0 Å². The molecule has 1 aliphatic rings. The Morgan fingerprint density at radius 1 is 1.33 bits per heavy atom. The number of carboxylic acid groups (broad SMARTS) is 1. The van der Waals surface area contributed by atoms with Crippen molar-refractivity contribution in [1.29, 1.82) is 0 Å². The zero-order valence-electron chi connectivity index (χ0n) is 11.1. The predicted octanol–water partition coefficient (Wildman–Crippen LogP) is 1.28. The average Bonchev–Trinajstić information content (AvgIpc) is 2.84. The lowest BCUT2D eigenvalue weighted by atomic mass is 10.1. The van der Waals surface area contributed by atoms with Crippen LogP contribution < -0.4 is 10.6 Å². The van der Waals surface area contributed by atoms with Crippen molar-refractivity contribution in [3.05, 3.63) is 0 Å². The van der Waals surface area contributed by atoms with Crippen LogP contribution in [-0.4, -0.2) is 35.6 Å². The summed E-state index contributed by atoms with van der Waals surface area (Å²) in [6, 6.07) is -0.322. The first-order valence-corrected chi connectivity index (χ1v) is 6.89. The number of carboxylic acids is 1. The quantitative estimate of drug-likeness (QED) is 0.611. The molecular weight excluding hydrogens is 232 g/mol. The summed E-state index contributed by atoms with van der Waals surface area (Å²) in [6.45, 7) is 2.23. The van der Waals surface area contributed by atoms with E-state index in [-0.39, 0.29) is 12.5 Å². The summed E-state index contributed by atoms with van der Waals surface area (Å²) in [5.41, 5.74) is 0. The maximum atomic E-state index is 11.6. The largest absolute Gasteiger partial charge is 0.480 e. The molecule has 0 aromatic rings. The number of carbonyl (C=O) groups is 2. The molecule has 5 heteroatoms. The number of nitrogens with one attached hydrogen (secondary N) is 2. The molecule has 0 aromatic heterocycles. The van der Waals surface area contributed by atoms with Crippen molar-refractivity contribution >= 4 is 11.9 Å². The molecule has 0 bridgehead atoms. The third-order valence-electron chi connectivity index (χ3n) is 3.39. The molecule has 1 amide bonds.